The second-order valence-corrected chi connectivity index (χ2v) is 29.7. The van der Waals surface area contributed by atoms with E-state index in [9.17, 15) is 93.7 Å². The van der Waals surface area contributed by atoms with E-state index in [1.165, 1.54) is 31.4 Å². The maximum absolute atomic E-state index is 14.8. The Labute approximate surface area is 657 Å². The molecule has 115 heavy (non-hydrogen) atoms. The fraction of sp³-hybridized carbons (Fsp3) is 0.333. The number of aromatic hydroxyl groups is 1. The topological polar surface area (TPSA) is 654 Å². The van der Waals surface area contributed by atoms with E-state index in [1.807, 2.05) is 0 Å². The van der Waals surface area contributed by atoms with Crippen LogP contribution in [0.4, 0.5) is 5.69 Å². The Morgan fingerprint density at radius 1 is 0.609 bits per heavy atom. The molecule has 1 aliphatic carbocycles. The number of amides is 11. The third-order valence-corrected chi connectivity index (χ3v) is 20.6. The number of primary amides is 3. The van der Waals surface area contributed by atoms with Crippen LogP contribution in [0.25, 0.3) is 33.4 Å². The van der Waals surface area contributed by atoms with Crippen molar-refractivity contribution in [1.29, 1.82) is 10.8 Å². The summed E-state index contributed by atoms with van der Waals surface area (Å²) < 4.78 is 82.1. The summed E-state index contributed by atoms with van der Waals surface area (Å²) >= 11 is 0. The number of likely N-dealkylation sites (tertiary alicyclic amines) is 1. The number of nitrogens with two attached hydrogens (primary N) is 5. The van der Waals surface area contributed by atoms with Crippen LogP contribution < -0.4 is 81.3 Å². The fourth-order valence-corrected chi connectivity index (χ4v) is 14.5. The molecule has 3 aliphatic rings. The lowest BCUT2D eigenvalue weighted by molar-refractivity contribution is -0.142. The summed E-state index contributed by atoms with van der Waals surface area (Å²) in [6.07, 6.45) is -1.99. The van der Waals surface area contributed by atoms with Gasteiger partial charge in [0.15, 0.2) is 27.1 Å². The molecule has 5 aromatic carbocycles. The van der Waals surface area contributed by atoms with Gasteiger partial charge in [0.2, 0.25) is 59.1 Å². The molecule has 0 aromatic heterocycles. The molecule has 0 radical (unpaired) electrons. The van der Waals surface area contributed by atoms with E-state index < -0.39 is 196 Å². The number of nitrogens with one attached hydrogen (secondary N) is 10. The largest absolute Gasteiger partial charge is 0.508 e. The molecule has 0 unspecified atom stereocenters. The Morgan fingerprint density at radius 2 is 1.19 bits per heavy atom. The van der Waals surface area contributed by atoms with Crippen molar-refractivity contribution in [3.05, 3.63) is 155 Å². The van der Waals surface area contributed by atoms with Gasteiger partial charge < -0.3 is 95.5 Å². The molecular formula is C75H88N16O22S2. The molecule has 7 atom stereocenters. The quantitative estimate of drug-likeness (QED) is 0.00599. The number of aromatic carboxylic acids is 1. The van der Waals surface area contributed by atoms with E-state index in [2.05, 4.69) is 42.5 Å². The number of phenolic OH excluding ortho intramolecular Hbond substituents is 1. The second-order valence-electron chi connectivity index (χ2n) is 27.0. The number of rotatable bonds is 40. The van der Waals surface area contributed by atoms with E-state index in [0.29, 0.717) is 22.4 Å². The lowest BCUT2D eigenvalue weighted by atomic mass is 9.89. The minimum atomic E-state index is -5.32. The molecule has 38 nitrogen and oxygen atoms in total. The molecular weight excluding hydrogens is 1540 g/mol. The van der Waals surface area contributed by atoms with E-state index >= 15 is 0 Å². The number of phenols is 1. The molecule has 8 rings (SSSR count). The van der Waals surface area contributed by atoms with Crippen molar-refractivity contribution >= 4 is 114 Å². The molecule has 2 heterocycles. The maximum Gasteiger partial charge on any atom is 0.336 e. The van der Waals surface area contributed by atoms with Gasteiger partial charge in [-0.25, -0.2) is 4.79 Å². The number of carbonyl (C=O) groups excluding carboxylic acids is 11. The number of aryl methyl sites for hydroxylation is 1. The van der Waals surface area contributed by atoms with Crippen LogP contribution in [0, 0.1) is 10.8 Å². The van der Waals surface area contributed by atoms with E-state index in [0.717, 1.165) is 35.2 Å². The van der Waals surface area contributed by atoms with Crippen LogP contribution >= 0.6 is 0 Å². The Hall–Kier alpha value is -13.1. The second kappa shape index (κ2) is 39.4. The number of fused-ring (bicyclic) bond motifs is 2. The monoisotopic (exact) mass is 1630 g/mol. The van der Waals surface area contributed by atoms with Gasteiger partial charge in [0.05, 0.1) is 30.1 Å². The number of nitrogens with zero attached hydrogens (tertiary/aromatic N) is 1. The first-order chi connectivity index (χ1) is 54.4. The van der Waals surface area contributed by atoms with Gasteiger partial charge in [-0.2, -0.15) is 16.8 Å². The normalized spacial score (nSPS) is 14.3. The van der Waals surface area contributed by atoms with Crippen molar-refractivity contribution in [1.82, 2.24) is 47.4 Å². The number of carboxylic acids is 1. The van der Waals surface area contributed by atoms with Crippen LogP contribution in [0.1, 0.15) is 108 Å². The first-order valence-electron chi connectivity index (χ1n) is 35.9. The van der Waals surface area contributed by atoms with Gasteiger partial charge in [-0.15, -0.1) is 0 Å². The molecule has 40 heteroatoms. The Kier molecular flexibility index (Phi) is 30.0. The number of guanidine groups is 1. The molecule has 0 spiro atoms. The molecule has 2 aliphatic heterocycles. The van der Waals surface area contributed by atoms with Gasteiger partial charge in [0.1, 0.15) is 53.8 Å². The number of hydrogen-bond acceptors (Lipinski definition) is 22. The lowest BCUT2D eigenvalue weighted by Gasteiger charge is -2.31. The maximum atomic E-state index is 14.8. The number of unbranched alkanes of at least 4 members (excludes halogenated alkanes) is 1. The van der Waals surface area contributed by atoms with Crippen LogP contribution in [0.3, 0.4) is 0 Å². The number of carboxylic acid groups (broad SMARTS) is 1. The third kappa shape index (κ3) is 24.0. The standard InChI is InChI=1S/C75H88N16O22S2/c1-112-44-22-16-41(17-23-44)36-54(85-60(95)31-18-39-14-20-43(92)21-15-39)69(99)89-55(35-40-9-3-2-4-10-40)70(100)87-52(29-30-58(78)93)68(98)90-56(38-59(79)94)71(101)88-53(12-7-33-84-75(81)82)73(103)91-34-8-13-57(91)72(102)86-51(66(80)96)11-5-6-32-83-67(97)42-19-24-45(48(37-42)74(104)105)61-46-25-27-49(76)64(114(106,107)108)62(46)113-63-47(61)26-28-50(77)65(63)115(109,110)111/h2-4,9-10,14-17,19-28,37,51-57,76,92H,5-8,11-13,18,29-36,38,77H2,1H3,(H2,78,93)(H2,79,94)(H2,80,96)(H,83,97)(H,85,95)(H,86,102)(H,87,100)(H,88,101)(H,89,99)(H,90,98)(H,104,105)(H4,81,82,84)(H,106,107,108)(H,109,110,111)/t51-,52-,53-,54+,55-,56-,57-/m0/s1. The summed E-state index contributed by atoms with van der Waals surface area (Å²) in [5, 5.41) is 55.8. The number of nitrogen functional groups attached to an aromatic ring is 1. The van der Waals surface area contributed by atoms with Crippen molar-refractivity contribution in [2.75, 3.05) is 32.5 Å². The smallest absolute Gasteiger partial charge is 0.336 e. The van der Waals surface area contributed by atoms with Crippen LogP contribution in [0.15, 0.2) is 136 Å². The first kappa shape index (κ1) is 87.5. The Balaban J connectivity index is 0.940. The molecule has 11 amide bonds. The van der Waals surface area contributed by atoms with E-state index in [4.69, 9.17) is 48.6 Å². The van der Waals surface area contributed by atoms with E-state index in [1.54, 1.807) is 66.7 Å². The van der Waals surface area contributed by atoms with Crippen LogP contribution in [-0.2, 0) is 87.4 Å². The fourth-order valence-electron chi connectivity index (χ4n) is 13.0. The van der Waals surface area contributed by atoms with Crippen molar-refractivity contribution in [2.45, 2.75) is 142 Å². The van der Waals surface area contributed by atoms with Crippen LogP contribution in [-0.4, -0.2) is 187 Å². The van der Waals surface area contributed by atoms with Crippen LogP contribution in [0.2, 0.25) is 0 Å². The number of hydrogen-bond donors (Lipinski definition) is 19. The molecule has 5 aromatic rings. The van der Waals surface area contributed by atoms with Gasteiger partial charge in [-0.05, 0) is 141 Å². The van der Waals surface area contributed by atoms with Gasteiger partial charge in [-0.1, -0.05) is 60.7 Å². The molecule has 0 saturated carbocycles. The predicted octanol–water partition coefficient (Wildman–Crippen LogP) is -0.0204. The van der Waals surface area contributed by atoms with Crippen molar-refractivity contribution in [2.24, 2.45) is 22.9 Å². The predicted molar refractivity (Wildman–Crippen MR) is 411 cm³/mol. The molecule has 1 saturated heterocycles. The summed E-state index contributed by atoms with van der Waals surface area (Å²) in [6, 6.07) is 18.1. The van der Waals surface area contributed by atoms with Gasteiger partial charge in [0, 0.05) is 67.4 Å². The molecule has 1 fully saturated rings. The highest BCUT2D eigenvalue weighted by Gasteiger charge is 2.41. The molecule has 612 valence electrons. The van der Waals surface area contributed by atoms with Gasteiger partial charge >= 0.3 is 5.97 Å². The Morgan fingerprint density at radius 3 is 1.81 bits per heavy atom. The highest BCUT2D eigenvalue weighted by molar-refractivity contribution is 7.86. The summed E-state index contributed by atoms with van der Waals surface area (Å²) in [5.74, 6) is -12.7. The van der Waals surface area contributed by atoms with Crippen LogP contribution in [0.5, 0.6) is 11.5 Å². The summed E-state index contributed by atoms with van der Waals surface area (Å²) in [5.41, 5.74) is 27.2. The Bertz CT molecular complexity index is 5130. The summed E-state index contributed by atoms with van der Waals surface area (Å²) in [7, 11) is -9.13. The summed E-state index contributed by atoms with van der Waals surface area (Å²) in [6.45, 7) is -0.220. The molecule has 0 bridgehead atoms. The average Bonchev–Trinajstić information content (AvgIpc) is 1.49. The number of benzene rings is 6. The zero-order valence-electron chi connectivity index (χ0n) is 61.9. The van der Waals surface area contributed by atoms with Crippen molar-refractivity contribution in [3.8, 4) is 33.9 Å². The number of methoxy groups -OCH3 is 1. The average molecular weight is 1630 g/mol. The number of anilines is 1. The SMILES string of the molecule is COc1ccc(C[C@@H](NC(=O)CCc2ccc(O)cc2)C(=O)N[C@@H](Cc2ccccc2)C(=O)N[C@@H](CCC(N)=O)C(=O)N[C@@H](CC(N)=O)C(=O)N[C@@H](CCCNC(=N)N)C(=O)N2CCC[C@H]2C(=O)N[C@@H](CCCCNC(=O)c2ccc(-c3c4ccc(=N)c(S(=O)(=O)O)c-4oc4c(S(=O)(=O)O)c(N)ccc34)c(C(=O)O)c2)C(N)=O)cc1. The first-order valence-corrected chi connectivity index (χ1v) is 38.8. The third-order valence-electron chi connectivity index (χ3n) is 18.7. The number of carbonyl (C=O) groups is 12. The van der Waals surface area contributed by atoms with Crippen molar-refractivity contribution < 1.29 is 103 Å². The minimum absolute atomic E-state index is 0.0205. The van der Waals surface area contributed by atoms with Gasteiger partial charge in [0.25, 0.3) is 26.1 Å². The highest BCUT2D eigenvalue weighted by atomic mass is 32.2. The zero-order valence-corrected chi connectivity index (χ0v) is 63.5. The minimum Gasteiger partial charge on any atom is -0.508 e. The van der Waals surface area contributed by atoms with Crippen molar-refractivity contribution in [3.63, 3.8) is 0 Å². The lowest BCUT2D eigenvalue weighted by Crippen LogP contribution is -2.60. The number of ether oxygens (including phenoxy) is 1. The zero-order chi connectivity index (χ0) is 84.2. The van der Waals surface area contributed by atoms with Gasteiger partial charge in [-0.3, -0.25) is 72.7 Å². The molecule has 24 N–H and O–H groups in total. The highest BCUT2D eigenvalue weighted by Crippen LogP contribution is 2.46. The van der Waals surface area contributed by atoms with E-state index in [-0.39, 0.29) is 124 Å². The summed E-state index contributed by atoms with van der Waals surface area (Å²) in [4.78, 5) is 165.